The zero-order chi connectivity index (χ0) is 27.8. The first-order valence-corrected chi connectivity index (χ1v) is 12.1. The van der Waals surface area contributed by atoms with E-state index in [1.165, 1.54) is 5.56 Å². The van der Waals surface area contributed by atoms with Gasteiger partial charge in [0.05, 0.1) is 6.61 Å². The van der Waals surface area contributed by atoms with E-state index in [-0.39, 0.29) is 64.5 Å². The molecule has 0 unspecified atom stereocenters. The third kappa shape index (κ3) is 39.9. The summed E-state index contributed by atoms with van der Waals surface area (Å²) < 4.78 is 0. The second kappa shape index (κ2) is 28.3. The van der Waals surface area contributed by atoms with Crippen LogP contribution in [0.2, 0.25) is 0 Å². The van der Waals surface area contributed by atoms with Crippen molar-refractivity contribution in [1.29, 1.82) is 0 Å². The molecule has 0 saturated carbocycles. The third-order valence-corrected chi connectivity index (χ3v) is 3.12. The molecule has 1 atom stereocenters. The van der Waals surface area contributed by atoms with Gasteiger partial charge >= 0.3 is 21.7 Å². The molecule has 2 rings (SSSR count). The van der Waals surface area contributed by atoms with Crippen molar-refractivity contribution >= 4 is 0 Å². The second-order valence-electron chi connectivity index (χ2n) is 8.95. The van der Waals surface area contributed by atoms with Crippen molar-refractivity contribution in [2.45, 2.75) is 98.8 Å². The van der Waals surface area contributed by atoms with E-state index in [9.17, 15) is 10.2 Å². The minimum atomic E-state index is -0.167. The van der Waals surface area contributed by atoms with Gasteiger partial charge in [-0.15, -0.1) is 0 Å². The Bertz CT molecular complexity index is 650. The second-order valence-corrected chi connectivity index (χ2v) is 8.95. The van der Waals surface area contributed by atoms with Crippen LogP contribution in [0.3, 0.4) is 0 Å². The van der Waals surface area contributed by atoms with Crippen LogP contribution in [0.4, 0.5) is 0 Å². The van der Waals surface area contributed by atoms with E-state index in [0.717, 1.165) is 12.0 Å². The number of benzene rings is 2. The van der Waals surface area contributed by atoms with Crippen LogP contribution in [0.25, 0.3) is 0 Å². The number of aromatic hydroxyl groups is 1. The number of phenols is 1. The maximum absolute atomic E-state index is 9.68. The predicted octanol–water partition coefficient (Wildman–Crippen LogP) is 3.63. The number of nitrogens with one attached hydrogen (secondary N) is 1. The summed E-state index contributed by atoms with van der Waals surface area (Å²) in [5, 5.41) is 54.6. The van der Waals surface area contributed by atoms with Crippen LogP contribution in [0, 0.1) is 0 Å². The zero-order valence-corrected chi connectivity index (χ0v) is 24.9. The van der Waals surface area contributed by atoms with Gasteiger partial charge in [-0.3, -0.25) is 0 Å². The number of aliphatic hydroxyl groups excluding tert-OH is 5. The maximum atomic E-state index is 9.68. The average Bonchev–Trinajstić information content (AvgIpc) is 2.71. The van der Waals surface area contributed by atoms with Crippen LogP contribution >= 0.6 is 0 Å². The van der Waals surface area contributed by atoms with Crippen LogP contribution in [0.15, 0.2) is 54.6 Å². The Morgan fingerprint density at radius 3 is 1.36 bits per heavy atom. The molecule has 0 bridgehead atoms. The average molecular weight is 546 g/mol. The molecule has 0 saturated heterocycles. The molecular weight excluding hydrogens is 494 g/mol. The van der Waals surface area contributed by atoms with Crippen LogP contribution in [0.5, 0.6) is 5.75 Å². The van der Waals surface area contributed by atoms with Gasteiger partial charge in [0.2, 0.25) is 0 Å². The SMILES string of the molecule is CC(C)O.CC(C)O.CC(C)O.CC(C)O.OC[C@H](Cc1ccccc1)NCc1ccccc1O.[Ti+4]. The molecule has 0 amide bonds. The van der Waals surface area contributed by atoms with Crippen molar-refractivity contribution in [3.05, 3.63) is 65.7 Å². The van der Waals surface area contributed by atoms with Gasteiger partial charge in [-0.1, -0.05) is 48.5 Å². The molecule has 0 aliphatic heterocycles. The van der Waals surface area contributed by atoms with E-state index in [0.29, 0.717) is 6.54 Å². The summed E-state index contributed by atoms with van der Waals surface area (Å²) in [5.41, 5.74) is 2.03. The van der Waals surface area contributed by atoms with Crippen LogP contribution in [-0.2, 0) is 34.7 Å². The summed E-state index contributed by atoms with van der Waals surface area (Å²) in [6.07, 6.45) is 0.102. The minimum absolute atomic E-state index is 0. The van der Waals surface area contributed by atoms with Crippen LogP contribution in [-0.4, -0.2) is 67.7 Å². The number of para-hydroxylation sites is 1. The predicted molar refractivity (Wildman–Crippen MR) is 145 cm³/mol. The van der Waals surface area contributed by atoms with Crippen LogP contribution in [0.1, 0.15) is 66.5 Å². The number of rotatable bonds is 6. The van der Waals surface area contributed by atoms with Crippen molar-refractivity contribution in [3.8, 4) is 5.75 Å². The Labute approximate surface area is 234 Å². The Hall–Kier alpha value is -1.29. The van der Waals surface area contributed by atoms with E-state index in [1.54, 1.807) is 67.5 Å². The molecule has 0 heterocycles. The van der Waals surface area contributed by atoms with Crippen molar-refractivity contribution in [3.63, 3.8) is 0 Å². The maximum Gasteiger partial charge on any atom is 4.00 e. The normalized spacial score (nSPS) is 10.5. The van der Waals surface area contributed by atoms with Crippen molar-refractivity contribution < 1.29 is 52.4 Å². The molecule has 0 radical (unpaired) electrons. The first-order valence-electron chi connectivity index (χ1n) is 12.1. The van der Waals surface area contributed by atoms with Crippen molar-refractivity contribution in [2.24, 2.45) is 0 Å². The quantitative estimate of drug-likeness (QED) is 0.276. The van der Waals surface area contributed by atoms with Crippen molar-refractivity contribution in [1.82, 2.24) is 5.32 Å². The Morgan fingerprint density at radius 1 is 0.639 bits per heavy atom. The minimum Gasteiger partial charge on any atom is -0.508 e. The van der Waals surface area contributed by atoms with Gasteiger partial charge in [0, 0.05) is 42.6 Å². The Balaban J connectivity index is -0.000000248. The molecule has 0 aromatic heterocycles. The van der Waals surface area contributed by atoms with Gasteiger partial charge in [0.1, 0.15) is 5.75 Å². The van der Waals surface area contributed by atoms with E-state index < -0.39 is 0 Å². The molecule has 0 aliphatic carbocycles. The summed E-state index contributed by atoms with van der Waals surface area (Å²) >= 11 is 0. The molecular formula is C28H51NO6Ti+4. The monoisotopic (exact) mass is 545 g/mol. The molecule has 2 aromatic rings. The summed E-state index contributed by atoms with van der Waals surface area (Å²) in [4.78, 5) is 0. The molecule has 7 N–H and O–H groups in total. The van der Waals surface area contributed by atoms with Gasteiger partial charge < -0.3 is 36.0 Å². The summed E-state index contributed by atoms with van der Waals surface area (Å²) in [7, 11) is 0. The first-order chi connectivity index (χ1) is 16.2. The van der Waals surface area contributed by atoms with E-state index in [1.807, 2.05) is 42.5 Å². The summed E-state index contributed by atoms with van der Waals surface area (Å²) in [5.74, 6) is 0.284. The van der Waals surface area contributed by atoms with E-state index in [2.05, 4.69) is 5.32 Å². The Morgan fingerprint density at radius 2 is 1.00 bits per heavy atom. The topological polar surface area (TPSA) is 133 Å². The summed E-state index contributed by atoms with van der Waals surface area (Å²) in [6, 6.07) is 17.3. The van der Waals surface area contributed by atoms with Gasteiger partial charge in [-0.2, -0.15) is 0 Å². The smallest absolute Gasteiger partial charge is 0.508 e. The summed E-state index contributed by atoms with van der Waals surface area (Å²) in [6.45, 7) is 14.4. The molecule has 0 aliphatic rings. The molecule has 0 fully saturated rings. The third-order valence-electron chi connectivity index (χ3n) is 3.12. The number of hydrogen-bond acceptors (Lipinski definition) is 7. The van der Waals surface area contributed by atoms with E-state index in [4.69, 9.17) is 20.4 Å². The fraction of sp³-hybridized carbons (Fsp3) is 0.571. The van der Waals surface area contributed by atoms with E-state index >= 15 is 0 Å². The molecule has 36 heavy (non-hydrogen) atoms. The molecule has 8 heteroatoms. The van der Waals surface area contributed by atoms with Gasteiger partial charge in [0.15, 0.2) is 0 Å². The molecule has 7 nitrogen and oxygen atoms in total. The Kier molecular flexibility index (Phi) is 32.9. The molecule has 2 aromatic carbocycles. The first kappa shape index (κ1) is 41.8. The molecule has 0 spiro atoms. The van der Waals surface area contributed by atoms with Crippen LogP contribution < -0.4 is 5.32 Å². The fourth-order valence-corrected chi connectivity index (χ4v) is 2.01. The van der Waals surface area contributed by atoms with Gasteiger partial charge in [-0.25, -0.2) is 0 Å². The molecule has 204 valence electrons. The number of aliphatic hydroxyl groups is 5. The standard InChI is InChI=1S/C16H19NO2.4C3H8O.Ti/c18-12-15(10-13-6-2-1-3-7-13)17-11-14-8-4-5-9-16(14)19;4*1-3(2)4;/h1-9,15,17-19H,10-12H2;4*3-4H,1-2H3;/q;;;;;+4/t15-;;;;;/m0...../s1. The number of phenolic OH excluding ortho intramolecular Hbond substituents is 1. The zero-order valence-electron chi connectivity index (χ0n) is 23.4. The fourth-order valence-electron chi connectivity index (χ4n) is 2.01. The largest absolute Gasteiger partial charge is 4.00 e. The van der Waals surface area contributed by atoms with Crippen molar-refractivity contribution in [2.75, 3.05) is 6.61 Å². The van der Waals surface area contributed by atoms with Gasteiger partial charge in [-0.05, 0) is 73.4 Å². The number of hydrogen-bond donors (Lipinski definition) is 7. The van der Waals surface area contributed by atoms with Gasteiger partial charge in [0.25, 0.3) is 0 Å².